The molecule has 0 aromatic carbocycles. The van der Waals surface area contributed by atoms with Crippen LogP contribution in [0.3, 0.4) is 0 Å². The maximum absolute atomic E-state index is 2.39. The van der Waals surface area contributed by atoms with Gasteiger partial charge in [0.05, 0.1) is 0 Å². The molecule has 0 heterocycles. The van der Waals surface area contributed by atoms with Crippen molar-refractivity contribution in [3.63, 3.8) is 0 Å². The number of hydrogen-bond acceptors (Lipinski definition) is 0. The van der Waals surface area contributed by atoms with Crippen LogP contribution in [0.1, 0.15) is 67.2 Å². The zero-order chi connectivity index (χ0) is 11.4. The Morgan fingerprint density at radius 2 is 1.07 bits per heavy atom. The summed E-state index contributed by atoms with van der Waals surface area (Å²) in [5.74, 6) is 0. The molecule has 0 radical (unpaired) electrons. The Bertz CT molecular complexity index is 141. The summed E-state index contributed by atoms with van der Waals surface area (Å²) < 4.78 is 0. The Kier molecular flexibility index (Phi) is 14.2. The van der Waals surface area contributed by atoms with E-state index in [4.69, 9.17) is 0 Å². The van der Waals surface area contributed by atoms with E-state index in [1.54, 1.807) is 11.1 Å². The molecule has 0 fully saturated rings. The van der Waals surface area contributed by atoms with Gasteiger partial charge < -0.3 is 0 Å². The van der Waals surface area contributed by atoms with Gasteiger partial charge >= 0.3 is 0 Å². The van der Waals surface area contributed by atoms with Crippen molar-refractivity contribution in [3.05, 3.63) is 23.3 Å². The van der Waals surface area contributed by atoms with E-state index in [1.807, 2.05) is 27.7 Å². The van der Waals surface area contributed by atoms with Crippen molar-refractivity contribution in [2.24, 2.45) is 0 Å². The summed E-state index contributed by atoms with van der Waals surface area (Å²) in [6.45, 7) is 12.5. The van der Waals surface area contributed by atoms with Crippen LogP contribution in [0, 0.1) is 0 Å². The van der Waals surface area contributed by atoms with E-state index in [-0.39, 0.29) is 0 Å². The SMILES string of the molecule is CC.CC.CCC1=CCCC=C1CC. The van der Waals surface area contributed by atoms with Crippen LogP contribution < -0.4 is 0 Å². The highest BCUT2D eigenvalue weighted by atomic mass is 14.1. The summed E-state index contributed by atoms with van der Waals surface area (Å²) in [6, 6.07) is 0. The lowest BCUT2D eigenvalue weighted by Crippen LogP contribution is -1.92. The maximum Gasteiger partial charge on any atom is -0.0308 e. The van der Waals surface area contributed by atoms with Gasteiger partial charge in [-0.05, 0) is 36.8 Å². The minimum absolute atomic E-state index is 1.21. The third-order valence-electron chi connectivity index (χ3n) is 2.12. The lowest BCUT2D eigenvalue weighted by molar-refractivity contribution is 0.915. The topological polar surface area (TPSA) is 0 Å². The zero-order valence-corrected chi connectivity index (χ0v) is 11.0. The number of allylic oxidation sites excluding steroid dienone is 4. The highest BCUT2D eigenvalue weighted by molar-refractivity contribution is 5.32. The molecule has 0 bridgehead atoms. The molecule has 84 valence electrons. The van der Waals surface area contributed by atoms with E-state index in [0.717, 1.165) is 0 Å². The predicted molar refractivity (Wildman–Crippen MR) is 68.7 cm³/mol. The largest absolute Gasteiger partial charge is 0.0808 e. The zero-order valence-electron chi connectivity index (χ0n) is 11.0. The summed E-state index contributed by atoms with van der Waals surface area (Å²) in [5.41, 5.74) is 3.16. The summed E-state index contributed by atoms with van der Waals surface area (Å²) in [4.78, 5) is 0. The van der Waals surface area contributed by atoms with Gasteiger partial charge in [0.15, 0.2) is 0 Å². The molecule has 0 atom stereocenters. The molecular formula is C14H28. The molecular weight excluding hydrogens is 168 g/mol. The van der Waals surface area contributed by atoms with Crippen LogP contribution in [0.15, 0.2) is 23.3 Å². The third kappa shape index (κ3) is 6.01. The first-order valence-corrected chi connectivity index (χ1v) is 6.27. The lowest BCUT2D eigenvalue weighted by Gasteiger charge is -2.12. The molecule has 0 saturated heterocycles. The summed E-state index contributed by atoms with van der Waals surface area (Å²) in [6.07, 6.45) is 9.70. The van der Waals surface area contributed by atoms with E-state index in [0.29, 0.717) is 0 Å². The van der Waals surface area contributed by atoms with Crippen LogP contribution in [0.25, 0.3) is 0 Å². The van der Waals surface area contributed by atoms with Crippen LogP contribution in [0.5, 0.6) is 0 Å². The smallest absolute Gasteiger partial charge is 0.0308 e. The summed E-state index contributed by atoms with van der Waals surface area (Å²) >= 11 is 0. The first-order chi connectivity index (χ1) is 6.88. The number of rotatable bonds is 2. The fraction of sp³-hybridized carbons (Fsp3) is 0.714. The minimum atomic E-state index is 1.21. The number of hydrogen-bond donors (Lipinski definition) is 0. The Morgan fingerprint density at radius 3 is 1.29 bits per heavy atom. The van der Waals surface area contributed by atoms with Gasteiger partial charge in [0, 0.05) is 0 Å². The quantitative estimate of drug-likeness (QED) is 0.546. The first-order valence-electron chi connectivity index (χ1n) is 6.27. The molecule has 0 aliphatic heterocycles. The first kappa shape index (κ1) is 15.9. The highest BCUT2D eigenvalue weighted by Gasteiger charge is 2.03. The highest BCUT2D eigenvalue weighted by Crippen LogP contribution is 2.23. The van der Waals surface area contributed by atoms with E-state index < -0.39 is 0 Å². The molecule has 0 N–H and O–H groups in total. The van der Waals surface area contributed by atoms with Gasteiger partial charge in [-0.15, -0.1) is 0 Å². The summed E-state index contributed by atoms with van der Waals surface area (Å²) in [5, 5.41) is 0. The molecule has 0 aromatic heterocycles. The average Bonchev–Trinajstić information content (AvgIpc) is 2.34. The Balaban J connectivity index is 0. The molecule has 0 aromatic rings. The summed E-state index contributed by atoms with van der Waals surface area (Å²) in [7, 11) is 0. The second kappa shape index (κ2) is 12.5. The standard InChI is InChI=1S/C10H16.2C2H6/c1-3-9-7-5-6-8-10(9)4-2;2*1-2/h7-8H,3-6H2,1-2H3;2*1-2H3. The predicted octanol–water partition coefficient (Wildman–Crippen LogP) is 5.51. The van der Waals surface area contributed by atoms with Crippen LogP contribution in [-0.4, -0.2) is 0 Å². The third-order valence-corrected chi connectivity index (χ3v) is 2.12. The minimum Gasteiger partial charge on any atom is -0.0808 e. The van der Waals surface area contributed by atoms with E-state index >= 15 is 0 Å². The van der Waals surface area contributed by atoms with E-state index in [1.165, 1.54) is 25.7 Å². The molecule has 1 aliphatic rings. The fourth-order valence-electron chi connectivity index (χ4n) is 1.52. The van der Waals surface area contributed by atoms with Gasteiger partial charge in [0.25, 0.3) is 0 Å². The molecule has 14 heavy (non-hydrogen) atoms. The van der Waals surface area contributed by atoms with Crippen molar-refractivity contribution in [3.8, 4) is 0 Å². The fourth-order valence-corrected chi connectivity index (χ4v) is 1.52. The Morgan fingerprint density at radius 1 is 0.786 bits per heavy atom. The molecule has 1 aliphatic carbocycles. The molecule has 0 saturated carbocycles. The van der Waals surface area contributed by atoms with Crippen molar-refractivity contribution in [1.29, 1.82) is 0 Å². The van der Waals surface area contributed by atoms with Gasteiger partial charge in [-0.25, -0.2) is 0 Å². The molecule has 0 nitrogen and oxygen atoms in total. The van der Waals surface area contributed by atoms with Gasteiger partial charge in [0.2, 0.25) is 0 Å². The average molecular weight is 196 g/mol. The van der Waals surface area contributed by atoms with E-state index in [9.17, 15) is 0 Å². The van der Waals surface area contributed by atoms with Gasteiger partial charge in [0.1, 0.15) is 0 Å². The lowest BCUT2D eigenvalue weighted by atomic mass is 9.94. The molecule has 0 spiro atoms. The van der Waals surface area contributed by atoms with E-state index in [2.05, 4.69) is 26.0 Å². The Hall–Kier alpha value is -0.520. The van der Waals surface area contributed by atoms with Gasteiger partial charge in [-0.1, -0.05) is 53.7 Å². The van der Waals surface area contributed by atoms with Crippen LogP contribution in [0.4, 0.5) is 0 Å². The van der Waals surface area contributed by atoms with Gasteiger partial charge in [-0.2, -0.15) is 0 Å². The van der Waals surface area contributed by atoms with Crippen LogP contribution >= 0.6 is 0 Å². The van der Waals surface area contributed by atoms with Crippen LogP contribution in [0.2, 0.25) is 0 Å². The van der Waals surface area contributed by atoms with Crippen molar-refractivity contribution >= 4 is 0 Å². The Labute approximate surface area is 91.1 Å². The molecule has 1 rings (SSSR count). The molecule has 0 amide bonds. The van der Waals surface area contributed by atoms with Gasteiger partial charge in [-0.3, -0.25) is 0 Å². The normalized spacial score (nSPS) is 13.9. The monoisotopic (exact) mass is 196 g/mol. The molecule has 0 heteroatoms. The second-order valence-corrected chi connectivity index (χ2v) is 2.74. The second-order valence-electron chi connectivity index (χ2n) is 2.74. The van der Waals surface area contributed by atoms with Crippen molar-refractivity contribution in [2.45, 2.75) is 67.2 Å². The van der Waals surface area contributed by atoms with Crippen LogP contribution in [-0.2, 0) is 0 Å². The maximum atomic E-state index is 2.39. The van der Waals surface area contributed by atoms with Crippen molar-refractivity contribution < 1.29 is 0 Å². The van der Waals surface area contributed by atoms with Crippen molar-refractivity contribution in [2.75, 3.05) is 0 Å². The molecule has 0 unspecified atom stereocenters. The van der Waals surface area contributed by atoms with Crippen molar-refractivity contribution in [1.82, 2.24) is 0 Å².